The lowest BCUT2D eigenvalue weighted by Gasteiger charge is -2.14. The zero-order valence-corrected chi connectivity index (χ0v) is 13.4. The van der Waals surface area contributed by atoms with E-state index in [1.165, 1.54) is 7.11 Å². The van der Waals surface area contributed by atoms with Gasteiger partial charge < -0.3 is 15.2 Å². The van der Waals surface area contributed by atoms with Crippen molar-refractivity contribution in [2.75, 3.05) is 13.7 Å². The highest BCUT2D eigenvalue weighted by atomic mass is 35.5. The second kappa shape index (κ2) is 7.49. The van der Waals surface area contributed by atoms with Gasteiger partial charge in [0.15, 0.2) is 0 Å². The first-order valence-electron chi connectivity index (χ1n) is 6.57. The van der Waals surface area contributed by atoms with Crippen LogP contribution in [0.15, 0.2) is 42.5 Å². The van der Waals surface area contributed by atoms with Gasteiger partial charge in [0.25, 0.3) is 5.91 Å². The highest BCUT2D eigenvalue weighted by Crippen LogP contribution is 2.26. The van der Waals surface area contributed by atoms with Crippen molar-refractivity contribution in [1.82, 2.24) is 5.32 Å². The smallest absolute Gasteiger partial charge is 0.256 e. The van der Waals surface area contributed by atoms with Crippen molar-refractivity contribution in [3.63, 3.8) is 0 Å². The summed E-state index contributed by atoms with van der Waals surface area (Å²) in [7, 11) is 1.46. The van der Waals surface area contributed by atoms with Crippen LogP contribution in [0.25, 0.3) is 0 Å². The molecule has 0 aromatic heterocycles. The fourth-order valence-electron chi connectivity index (χ4n) is 1.98. The second-order valence-electron chi connectivity index (χ2n) is 4.59. The van der Waals surface area contributed by atoms with Gasteiger partial charge in [0.05, 0.1) is 23.8 Å². The minimum atomic E-state index is -0.838. The summed E-state index contributed by atoms with van der Waals surface area (Å²) in [5, 5.41) is 13.6. The maximum Gasteiger partial charge on any atom is 0.256 e. The predicted octanol–water partition coefficient (Wildman–Crippen LogP) is 3.47. The Morgan fingerprint density at radius 3 is 2.55 bits per heavy atom. The quantitative estimate of drug-likeness (QED) is 0.876. The monoisotopic (exact) mass is 339 g/mol. The van der Waals surface area contributed by atoms with Crippen molar-refractivity contribution >= 4 is 29.1 Å². The number of aliphatic hydroxyl groups excluding tert-OH is 1. The van der Waals surface area contributed by atoms with Crippen molar-refractivity contribution in [1.29, 1.82) is 0 Å². The molecule has 0 unspecified atom stereocenters. The molecule has 0 aliphatic carbocycles. The zero-order chi connectivity index (χ0) is 16.1. The molecule has 0 radical (unpaired) electrons. The van der Waals surface area contributed by atoms with Gasteiger partial charge in [-0.2, -0.15) is 0 Å². The van der Waals surface area contributed by atoms with Crippen LogP contribution < -0.4 is 10.1 Å². The number of rotatable bonds is 5. The standard InChI is InChI=1S/C16H15Cl2NO3/c1-22-14-4-2-3-12(18)15(14)16(21)19-9-13(20)10-5-7-11(17)8-6-10/h2-8,13,20H,9H2,1H3,(H,19,21)/t13-/m0/s1. The average molecular weight is 340 g/mol. The number of amides is 1. The van der Waals surface area contributed by atoms with Crippen molar-refractivity contribution in [3.8, 4) is 5.75 Å². The Morgan fingerprint density at radius 2 is 1.91 bits per heavy atom. The van der Waals surface area contributed by atoms with E-state index < -0.39 is 12.0 Å². The molecule has 1 amide bonds. The Balaban J connectivity index is 2.05. The van der Waals surface area contributed by atoms with Crippen LogP contribution in [0.2, 0.25) is 10.0 Å². The summed E-state index contributed by atoms with van der Waals surface area (Å²) < 4.78 is 5.13. The van der Waals surface area contributed by atoms with E-state index in [1.54, 1.807) is 42.5 Å². The van der Waals surface area contributed by atoms with Crippen LogP contribution in [0, 0.1) is 0 Å². The van der Waals surface area contributed by atoms with Crippen LogP contribution in [-0.2, 0) is 0 Å². The maximum absolute atomic E-state index is 12.2. The van der Waals surface area contributed by atoms with Crippen molar-refractivity contribution in [3.05, 3.63) is 63.6 Å². The molecule has 1 atom stereocenters. The lowest BCUT2D eigenvalue weighted by atomic mass is 10.1. The van der Waals surface area contributed by atoms with Crippen LogP contribution in [-0.4, -0.2) is 24.7 Å². The van der Waals surface area contributed by atoms with Gasteiger partial charge in [-0.3, -0.25) is 4.79 Å². The summed E-state index contributed by atoms with van der Waals surface area (Å²) in [4.78, 5) is 12.2. The molecule has 2 N–H and O–H groups in total. The molecule has 116 valence electrons. The molecular formula is C16H15Cl2NO3. The number of hydrogen-bond donors (Lipinski definition) is 2. The lowest BCUT2D eigenvalue weighted by Crippen LogP contribution is -2.29. The highest BCUT2D eigenvalue weighted by molar-refractivity contribution is 6.34. The molecule has 2 aromatic rings. The van der Waals surface area contributed by atoms with Crippen LogP contribution in [0.3, 0.4) is 0 Å². The predicted molar refractivity (Wildman–Crippen MR) is 86.7 cm³/mol. The fraction of sp³-hybridized carbons (Fsp3) is 0.188. The van der Waals surface area contributed by atoms with E-state index in [4.69, 9.17) is 27.9 Å². The minimum Gasteiger partial charge on any atom is -0.496 e. The van der Waals surface area contributed by atoms with Crippen LogP contribution >= 0.6 is 23.2 Å². The minimum absolute atomic E-state index is 0.0504. The summed E-state index contributed by atoms with van der Waals surface area (Å²) in [5.41, 5.74) is 0.908. The van der Waals surface area contributed by atoms with Gasteiger partial charge in [0.2, 0.25) is 0 Å². The Bertz CT molecular complexity index is 659. The Morgan fingerprint density at radius 1 is 1.23 bits per heavy atom. The van der Waals surface area contributed by atoms with Crippen LogP contribution in [0.5, 0.6) is 5.75 Å². The topological polar surface area (TPSA) is 58.6 Å². The van der Waals surface area contributed by atoms with E-state index in [9.17, 15) is 9.90 Å². The molecule has 0 saturated heterocycles. The number of carbonyl (C=O) groups is 1. The molecule has 22 heavy (non-hydrogen) atoms. The Hall–Kier alpha value is -1.75. The number of benzene rings is 2. The van der Waals surface area contributed by atoms with Crippen LogP contribution in [0.4, 0.5) is 0 Å². The molecule has 0 aliphatic heterocycles. The normalized spacial score (nSPS) is 11.8. The second-order valence-corrected chi connectivity index (χ2v) is 5.44. The first-order chi connectivity index (χ1) is 10.5. The largest absolute Gasteiger partial charge is 0.496 e. The zero-order valence-electron chi connectivity index (χ0n) is 11.8. The Labute approximate surface area is 138 Å². The van der Waals surface area contributed by atoms with Crippen molar-refractivity contribution in [2.24, 2.45) is 0 Å². The van der Waals surface area contributed by atoms with Gasteiger partial charge in [-0.15, -0.1) is 0 Å². The number of hydrogen-bond acceptors (Lipinski definition) is 3. The van der Waals surface area contributed by atoms with Gasteiger partial charge in [0.1, 0.15) is 5.75 Å². The number of methoxy groups -OCH3 is 1. The van der Waals surface area contributed by atoms with E-state index >= 15 is 0 Å². The third kappa shape index (κ3) is 3.91. The SMILES string of the molecule is COc1cccc(Cl)c1C(=O)NC[C@H](O)c1ccc(Cl)cc1. The van der Waals surface area contributed by atoms with E-state index in [1.807, 2.05) is 0 Å². The first-order valence-corrected chi connectivity index (χ1v) is 7.32. The van der Waals surface area contributed by atoms with Crippen LogP contribution in [0.1, 0.15) is 22.0 Å². The van der Waals surface area contributed by atoms with E-state index in [2.05, 4.69) is 5.32 Å². The molecule has 0 heterocycles. The molecule has 6 heteroatoms. The number of nitrogens with one attached hydrogen (secondary N) is 1. The van der Waals surface area contributed by atoms with E-state index in [0.29, 0.717) is 16.3 Å². The number of ether oxygens (including phenoxy) is 1. The summed E-state index contributed by atoms with van der Waals surface area (Å²) in [6, 6.07) is 11.7. The average Bonchev–Trinajstić information content (AvgIpc) is 2.52. The fourth-order valence-corrected chi connectivity index (χ4v) is 2.35. The van der Waals surface area contributed by atoms with Crippen molar-refractivity contribution in [2.45, 2.75) is 6.10 Å². The molecule has 4 nitrogen and oxygen atoms in total. The molecule has 0 bridgehead atoms. The third-order valence-electron chi connectivity index (χ3n) is 3.13. The molecule has 0 saturated carbocycles. The molecular weight excluding hydrogens is 325 g/mol. The van der Waals surface area contributed by atoms with Gasteiger partial charge in [-0.05, 0) is 29.8 Å². The summed E-state index contributed by atoms with van der Waals surface area (Å²) in [6.45, 7) is 0.0504. The summed E-state index contributed by atoms with van der Waals surface area (Å²) >= 11 is 11.8. The highest BCUT2D eigenvalue weighted by Gasteiger charge is 2.17. The summed E-state index contributed by atoms with van der Waals surface area (Å²) in [6.07, 6.45) is -0.838. The van der Waals surface area contributed by atoms with E-state index in [0.717, 1.165) is 0 Å². The van der Waals surface area contributed by atoms with Gasteiger partial charge >= 0.3 is 0 Å². The maximum atomic E-state index is 12.2. The van der Waals surface area contributed by atoms with Gasteiger partial charge in [0, 0.05) is 11.6 Å². The molecule has 2 aromatic carbocycles. The number of halogens is 2. The molecule has 2 rings (SSSR count). The number of aliphatic hydroxyl groups is 1. The van der Waals surface area contributed by atoms with Crippen molar-refractivity contribution < 1.29 is 14.6 Å². The third-order valence-corrected chi connectivity index (χ3v) is 3.70. The number of carbonyl (C=O) groups excluding carboxylic acids is 1. The molecule has 0 aliphatic rings. The summed E-state index contributed by atoms with van der Waals surface area (Å²) in [5.74, 6) is -0.0264. The van der Waals surface area contributed by atoms with Gasteiger partial charge in [-0.1, -0.05) is 41.4 Å². The molecule has 0 fully saturated rings. The van der Waals surface area contributed by atoms with Gasteiger partial charge in [-0.25, -0.2) is 0 Å². The van der Waals surface area contributed by atoms with E-state index in [-0.39, 0.29) is 17.1 Å². The first kappa shape index (κ1) is 16.6. The Kier molecular flexibility index (Phi) is 5.66. The lowest BCUT2D eigenvalue weighted by molar-refractivity contribution is 0.0913. The molecule has 0 spiro atoms.